The Bertz CT molecular complexity index is 1130. The van der Waals surface area contributed by atoms with Crippen molar-refractivity contribution < 1.29 is 33.5 Å². The summed E-state index contributed by atoms with van der Waals surface area (Å²) in [5, 5.41) is 11.0. The minimum Gasteiger partial charge on any atom is -0.466 e. The summed E-state index contributed by atoms with van der Waals surface area (Å²) in [6.07, 6.45) is 3.40. The fraction of sp³-hybridized carbons (Fsp3) is 0.455. The topological polar surface area (TPSA) is 149 Å². The van der Waals surface area contributed by atoms with Crippen molar-refractivity contribution in [3.05, 3.63) is 34.5 Å². The summed E-state index contributed by atoms with van der Waals surface area (Å²) < 4.78 is 9.51. The van der Waals surface area contributed by atoms with Crippen molar-refractivity contribution in [2.45, 2.75) is 37.8 Å². The van der Waals surface area contributed by atoms with Crippen LogP contribution < -0.4 is 10.6 Å². The summed E-state index contributed by atoms with van der Waals surface area (Å²) >= 11 is 2.65. The van der Waals surface area contributed by atoms with Crippen LogP contribution in [0, 0.1) is 0 Å². The summed E-state index contributed by atoms with van der Waals surface area (Å²) in [5.41, 5.74) is 0.827. The van der Waals surface area contributed by atoms with Gasteiger partial charge in [-0.15, -0.1) is 23.1 Å². The molecule has 36 heavy (non-hydrogen) atoms. The second-order valence-corrected chi connectivity index (χ2v) is 9.50. The van der Waals surface area contributed by atoms with Gasteiger partial charge in [0.1, 0.15) is 22.8 Å². The third kappa shape index (κ3) is 5.54. The van der Waals surface area contributed by atoms with Gasteiger partial charge in [0.25, 0.3) is 11.8 Å². The van der Waals surface area contributed by atoms with Gasteiger partial charge in [-0.05, 0) is 18.9 Å². The van der Waals surface area contributed by atoms with E-state index in [0.29, 0.717) is 16.5 Å². The summed E-state index contributed by atoms with van der Waals surface area (Å²) in [5.74, 6) is -2.02. The molecule has 1 aromatic heterocycles. The standard InChI is InChI=1S/C22H27N5O7S2/c1-6-7-8-12-9-35-19-15(18(29)27(19)16(12)21(31)33-5)25-17(28)14(13-10-36-22(23-3)24-13)26-34-11(2)20(30)32-4/h7-8,10-11,15,19H,6,9H2,1-5H3,(H,23,24)(H,25,28)/b8-7?,26-14-. The Hall–Kier alpha value is -3.39. The van der Waals surface area contributed by atoms with E-state index in [9.17, 15) is 19.2 Å². The highest BCUT2D eigenvalue weighted by atomic mass is 32.2. The molecule has 2 aliphatic rings. The number of fused-ring (bicyclic) bond motifs is 1. The number of thiazole rings is 1. The minimum atomic E-state index is -1.07. The molecule has 0 aromatic carbocycles. The highest BCUT2D eigenvalue weighted by molar-refractivity contribution is 8.00. The lowest BCUT2D eigenvalue weighted by atomic mass is 10.0. The fourth-order valence-corrected chi connectivity index (χ4v) is 5.34. The Morgan fingerprint density at radius 2 is 2.08 bits per heavy atom. The second kappa shape index (κ2) is 12.0. The van der Waals surface area contributed by atoms with Crippen LogP contribution in [0.1, 0.15) is 26.0 Å². The van der Waals surface area contributed by atoms with Gasteiger partial charge in [-0.2, -0.15) is 0 Å². The predicted molar refractivity (Wildman–Crippen MR) is 134 cm³/mol. The van der Waals surface area contributed by atoms with Crippen molar-refractivity contribution in [1.82, 2.24) is 15.2 Å². The smallest absolute Gasteiger partial charge is 0.355 e. The monoisotopic (exact) mass is 537 g/mol. The molecule has 0 bridgehead atoms. The number of nitrogens with one attached hydrogen (secondary N) is 2. The van der Waals surface area contributed by atoms with Crippen molar-refractivity contribution in [1.29, 1.82) is 0 Å². The van der Waals surface area contributed by atoms with Gasteiger partial charge in [0.15, 0.2) is 10.8 Å². The van der Waals surface area contributed by atoms with Gasteiger partial charge in [0.2, 0.25) is 6.10 Å². The maximum absolute atomic E-state index is 13.2. The third-order valence-electron chi connectivity index (χ3n) is 5.23. The Morgan fingerprint density at radius 1 is 1.33 bits per heavy atom. The summed E-state index contributed by atoms with van der Waals surface area (Å²) in [6, 6.07) is -0.913. The van der Waals surface area contributed by atoms with Crippen LogP contribution in [0.3, 0.4) is 0 Å². The zero-order valence-electron chi connectivity index (χ0n) is 20.4. The molecular formula is C22H27N5O7S2. The molecule has 0 saturated carbocycles. The molecule has 0 aliphatic carbocycles. The van der Waals surface area contributed by atoms with Gasteiger partial charge in [0, 0.05) is 18.2 Å². The normalized spacial score (nSPS) is 20.4. The molecule has 1 saturated heterocycles. The zero-order valence-corrected chi connectivity index (χ0v) is 22.0. The fourth-order valence-electron chi connectivity index (χ4n) is 3.37. The molecule has 1 aromatic rings. The van der Waals surface area contributed by atoms with E-state index in [1.165, 1.54) is 49.1 Å². The molecule has 3 atom stereocenters. The van der Waals surface area contributed by atoms with Crippen molar-refractivity contribution in [2.75, 3.05) is 32.3 Å². The van der Waals surface area contributed by atoms with E-state index in [0.717, 1.165) is 6.42 Å². The molecule has 12 nitrogen and oxygen atoms in total. The average molecular weight is 538 g/mol. The maximum atomic E-state index is 13.2. The summed E-state index contributed by atoms with van der Waals surface area (Å²) in [6.45, 7) is 3.38. The van der Waals surface area contributed by atoms with Gasteiger partial charge in [-0.3, -0.25) is 14.5 Å². The number of hydrogen-bond donors (Lipinski definition) is 2. The average Bonchev–Trinajstić information content (AvgIpc) is 3.37. The first-order valence-electron chi connectivity index (χ1n) is 11.0. The van der Waals surface area contributed by atoms with Crippen LogP contribution >= 0.6 is 23.1 Å². The minimum absolute atomic E-state index is 0.170. The van der Waals surface area contributed by atoms with E-state index in [4.69, 9.17) is 9.57 Å². The van der Waals surface area contributed by atoms with Crippen molar-refractivity contribution in [3.63, 3.8) is 0 Å². The maximum Gasteiger partial charge on any atom is 0.355 e. The molecule has 2 aliphatic heterocycles. The number of methoxy groups -OCH3 is 2. The number of thioether (sulfide) groups is 1. The molecule has 0 radical (unpaired) electrons. The molecule has 3 rings (SSSR count). The highest BCUT2D eigenvalue weighted by Crippen LogP contribution is 2.41. The van der Waals surface area contributed by atoms with Crippen LogP contribution in [0.4, 0.5) is 5.13 Å². The van der Waals surface area contributed by atoms with Crippen molar-refractivity contribution in [2.24, 2.45) is 5.16 Å². The SMILES string of the molecule is CCC=CC1=C(C(=O)OC)N2C(=O)C(NC(=O)/C(=N\OC(C)C(=O)OC)c3csc(NC)n3)C2SC1. The predicted octanol–water partition coefficient (Wildman–Crippen LogP) is 1.26. The van der Waals surface area contributed by atoms with E-state index in [1.54, 1.807) is 18.5 Å². The molecule has 2 N–H and O–H groups in total. The quantitative estimate of drug-likeness (QED) is 0.193. The molecule has 194 valence electrons. The number of carbonyl (C=O) groups is 4. The van der Waals surface area contributed by atoms with E-state index >= 15 is 0 Å². The number of esters is 2. The third-order valence-corrected chi connectivity index (χ3v) is 7.39. The first-order valence-corrected chi connectivity index (χ1v) is 12.9. The molecule has 1 fully saturated rings. The number of hydrogen-bond acceptors (Lipinski definition) is 12. The van der Waals surface area contributed by atoms with E-state index in [1.807, 2.05) is 13.0 Å². The number of oxime groups is 1. The lowest BCUT2D eigenvalue weighted by Crippen LogP contribution is -2.71. The van der Waals surface area contributed by atoms with E-state index in [2.05, 4.69) is 25.5 Å². The molecule has 3 unspecified atom stereocenters. The van der Waals surface area contributed by atoms with Crippen LogP contribution in [0.15, 0.2) is 34.0 Å². The van der Waals surface area contributed by atoms with E-state index in [-0.39, 0.29) is 17.1 Å². The summed E-state index contributed by atoms with van der Waals surface area (Å²) in [4.78, 5) is 61.2. The first-order chi connectivity index (χ1) is 17.3. The molecule has 14 heteroatoms. The van der Waals surface area contributed by atoms with Crippen LogP contribution in [0.2, 0.25) is 0 Å². The second-order valence-electron chi connectivity index (χ2n) is 7.54. The van der Waals surface area contributed by atoms with Crippen LogP contribution in [0.5, 0.6) is 0 Å². The number of ether oxygens (including phenoxy) is 2. The van der Waals surface area contributed by atoms with Crippen LogP contribution in [0.25, 0.3) is 0 Å². The molecule has 2 amide bonds. The highest BCUT2D eigenvalue weighted by Gasteiger charge is 2.54. The number of aromatic nitrogens is 1. The lowest BCUT2D eigenvalue weighted by molar-refractivity contribution is -0.153. The van der Waals surface area contributed by atoms with Crippen molar-refractivity contribution in [3.8, 4) is 0 Å². The first kappa shape index (κ1) is 27.2. The summed E-state index contributed by atoms with van der Waals surface area (Å²) in [7, 11) is 4.13. The van der Waals surface area contributed by atoms with Gasteiger partial charge in [0.05, 0.1) is 14.2 Å². The molecular weight excluding hydrogens is 510 g/mol. The number of anilines is 1. The van der Waals surface area contributed by atoms with Gasteiger partial charge < -0.3 is 24.9 Å². The number of nitrogens with zero attached hydrogens (tertiary/aromatic N) is 3. The number of β-lactam (4-membered cyclic amide) rings is 1. The van der Waals surface area contributed by atoms with Crippen LogP contribution in [-0.2, 0) is 33.5 Å². The molecule has 3 heterocycles. The largest absolute Gasteiger partial charge is 0.466 e. The Balaban J connectivity index is 1.84. The van der Waals surface area contributed by atoms with Gasteiger partial charge >= 0.3 is 11.9 Å². The zero-order chi connectivity index (χ0) is 26.4. The van der Waals surface area contributed by atoms with Gasteiger partial charge in [-0.1, -0.05) is 24.2 Å². The van der Waals surface area contributed by atoms with Crippen LogP contribution in [-0.4, -0.2) is 83.9 Å². The Kier molecular flexibility index (Phi) is 9.09. The number of carbonyl (C=O) groups excluding carboxylic acids is 4. The van der Waals surface area contributed by atoms with E-state index < -0.39 is 41.3 Å². The number of amides is 2. The van der Waals surface area contributed by atoms with Crippen molar-refractivity contribution >= 4 is 57.7 Å². The Labute approximate surface area is 216 Å². The molecule has 0 spiro atoms. The number of allylic oxidation sites excluding steroid dienone is 2. The lowest BCUT2D eigenvalue weighted by Gasteiger charge is -2.49. The number of rotatable bonds is 10. The Morgan fingerprint density at radius 3 is 2.69 bits per heavy atom. The van der Waals surface area contributed by atoms with Gasteiger partial charge in [-0.25, -0.2) is 14.6 Å².